The monoisotopic (exact) mass is 199 g/mol. The van der Waals surface area contributed by atoms with Gasteiger partial charge < -0.3 is 10.0 Å². The Labute approximate surface area is 88.3 Å². The van der Waals surface area contributed by atoms with Gasteiger partial charge in [-0.3, -0.25) is 0 Å². The third-order valence-electron chi connectivity index (χ3n) is 3.34. The van der Waals surface area contributed by atoms with E-state index in [-0.39, 0.29) is 12.0 Å². The molecule has 1 heterocycles. The average molecular weight is 199 g/mol. The van der Waals surface area contributed by atoms with E-state index in [1.54, 1.807) is 0 Å². The molecule has 2 heteroatoms. The summed E-state index contributed by atoms with van der Waals surface area (Å²) in [7, 11) is 0. The molecule has 0 saturated carbocycles. The first kappa shape index (κ1) is 12.0. The van der Waals surface area contributed by atoms with Gasteiger partial charge in [0.25, 0.3) is 0 Å². The van der Waals surface area contributed by atoms with E-state index in [1.807, 2.05) is 0 Å². The molecule has 0 radical (unpaired) electrons. The molecule has 1 aliphatic heterocycles. The number of hydrogen-bond acceptors (Lipinski definition) is 2. The first-order valence-corrected chi connectivity index (χ1v) is 5.79. The fourth-order valence-electron chi connectivity index (χ4n) is 2.29. The molecule has 0 aromatic rings. The van der Waals surface area contributed by atoms with Crippen molar-refractivity contribution in [3.05, 3.63) is 0 Å². The zero-order chi connectivity index (χ0) is 10.8. The Hall–Kier alpha value is -0.0800. The Morgan fingerprint density at radius 3 is 2.50 bits per heavy atom. The summed E-state index contributed by atoms with van der Waals surface area (Å²) in [6, 6.07) is 0.685. The molecular formula is C12H25NO. The van der Waals surface area contributed by atoms with E-state index >= 15 is 0 Å². The van der Waals surface area contributed by atoms with E-state index in [1.165, 1.54) is 19.4 Å². The molecule has 2 nitrogen and oxygen atoms in total. The van der Waals surface area contributed by atoms with Crippen molar-refractivity contribution in [3.63, 3.8) is 0 Å². The Kier molecular flexibility index (Phi) is 3.96. The van der Waals surface area contributed by atoms with E-state index in [9.17, 15) is 5.11 Å². The quantitative estimate of drug-likeness (QED) is 0.752. The Balaban J connectivity index is 2.45. The van der Waals surface area contributed by atoms with Crippen LogP contribution in [-0.4, -0.2) is 35.7 Å². The molecule has 84 valence electrons. The molecule has 1 saturated heterocycles. The van der Waals surface area contributed by atoms with Crippen LogP contribution in [0, 0.1) is 11.3 Å². The van der Waals surface area contributed by atoms with Crippen molar-refractivity contribution >= 4 is 0 Å². The molecule has 0 aliphatic carbocycles. The van der Waals surface area contributed by atoms with Crippen molar-refractivity contribution in [2.45, 2.75) is 46.6 Å². The third kappa shape index (κ3) is 3.25. The average Bonchev–Trinajstić information content (AvgIpc) is 2.10. The van der Waals surface area contributed by atoms with E-state index in [4.69, 9.17) is 0 Å². The lowest BCUT2D eigenvalue weighted by atomic mass is 9.88. The fraction of sp³-hybridized carbons (Fsp3) is 1.00. The van der Waals surface area contributed by atoms with Gasteiger partial charge in [-0.15, -0.1) is 0 Å². The molecule has 0 amide bonds. The van der Waals surface area contributed by atoms with E-state index in [0.717, 1.165) is 12.5 Å². The normalized spacial score (nSPS) is 30.6. The Bertz CT molecular complexity index is 179. The maximum atomic E-state index is 9.24. The zero-order valence-electron chi connectivity index (χ0n) is 10.1. The molecule has 2 unspecified atom stereocenters. The van der Waals surface area contributed by atoms with Gasteiger partial charge in [-0.2, -0.15) is 0 Å². The van der Waals surface area contributed by atoms with Gasteiger partial charge in [0.1, 0.15) is 0 Å². The maximum absolute atomic E-state index is 9.24. The lowest BCUT2D eigenvalue weighted by molar-refractivity contribution is 0.0536. The number of aliphatic hydroxyl groups is 1. The summed E-state index contributed by atoms with van der Waals surface area (Å²) in [5.41, 5.74) is 0.0504. The first-order valence-electron chi connectivity index (χ1n) is 5.79. The minimum Gasteiger partial charge on any atom is -0.396 e. The Morgan fingerprint density at radius 1 is 1.36 bits per heavy atom. The number of hydrogen-bond donors (Lipinski definition) is 1. The van der Waals surface area contributed by atoms with Gasteiger partial charge in [-0.1, -0.05) is 20.8 Å². The van der Waals surface area contributed by atoms with Crippen molar-refractivity contribution in [3.8, 4) is 0 Å². The summed E-state index contributed by atoms with van der Waals surface area (Å²) in [6.07, 6.45) is 2.62. The number of likely N-dealkylation sites (tertiary alicyclic amines) is 1. The molecule has 0 aromatic heterocycles. The van der Waals surface area contributed by atoms with Gasteiger partial charge in [0.2, 0.25) is 0 Å². The lowest BCUT2D eigenvalue weighted by Crippen LogP contribution is -2.45. The number of aliphatic hydroxyl groups excluding tert-OH is 1. The van der Waals surface area contributed by atoms with E-state index in [0.29, 0.717) is 6.04 Å². The fourth-order valence-corrected chi connectivity index (χ4v) is 2.29. The summed E-state index contributed by atoms with van der Waals surface area (Å²) in [5, 5.41) is 9.24. The van der Waals surface area contributed by atoms with Gasteiger partial charge in [0.05, 0.1) is 0 Å². The van der Waals surface area contributed by atoms with Crippen LogP contribution in [0.3, 0.4) is 0 Å². The minimum absolute atomic E-state index is 0.0504. The molecule has 2 atom stereocenters. The molecular weight excluding hydrogens is 174 g/mol. The molecule has 1 rings (SSSR count). The number of piperidine rings is 1. The van der Waals surface area contributed by atoms with Crippen molar-refractivity contribution in [1.29, 1.82) is 0 Å². The van der Waals surface area contributed by atoms with Crippen LogP contribution in [0.2, 0.25) is 0 Å². The summed E-state index contributed by atoms with van der Waals surface area (Å²) in [4.78, 5) is 2.52. The second-order valence-electron chi connectivity index (χ2n) is 5.77. The molecule has 1 aliphatic rings. The van der Waals surface area contributed by atoms with Gasteiger partial charge in [0.15, 0.2) is 0 Å². The SMILES string of the molecule is CC1CCN(CC(C)(C)CO)C(C)C1. The van der Waals surface area contributed by atoms with Gasteiger partial charge in [-0.05, 0) is 32.2 Å². The minimum atomic E-state index is 0.0504. The third-order valence-corrected chi connectivity index (χ3v) is 3.34. The standard InChI is InChI=1S/C12H25NO/c1-10-5-6-13(11(2)7-10)8-12(3,4)9-14/h10-11,14H,5-9H2,1-4H3. The van der Waals surface area contributed by atoms with Crippen molar-refractivity contribution in [2.24, 2.45) is 11.3 Å². The Morgan fingerprint density at radius 2 is 2.00 bits per heavy atom. The van der Waals surface area contributed by atoms with Crippen molar-refractivity contribution < 1.29 is 5.11 Å². The van der Waals surface area contributed by atoms with Crippen LogP contribution in [0.4, 0.5) is 0 Å². The first-order chi connectivity index (χ1) is 6.44. The second kappa shape index (κ2) is 4.63. The lowest BCUT2D eigenvalue weighted by Gasteiger charge is -2.40. The van der Waals surface area contributed by atoms with Crippen molar-refractivity contribution in [2.75, 3.05) is 19.7 Å². The predicted octanol–water partition coefficient (Wildman–Crippen LogP) is 2.13. The highest BCUT2D eigenvalue weighted by molar-refractivity contribution is 4.81. The molecule has 14 heavy (non-hydrogen) atoms. The van der Waals surface area contributed by atoms with Crippen LogP contribution in [0.1, 0.15) is 40.5 Å². The zero-order valence-corrected chi connectivity index (χ0v) is 10.1. The largest absolute Gasteiger partial charge is 0.396 e. The molecule has 1 fully saturated rings. The number of nitrogens with zero attached hydrogens (tertiary/aromatic N) is 1. The van der Waals surface area contributed by atoms with Crippen molar-refractivity contribution in [1.82, 2.24) is 4.90 Å². The predicted molar refractivity (Wildman–Crippen MR) is 60.3 cm³/mol. The van der Waals surface area contributed by atoms with Crippen LogP contribution >= 0.6 is 0 Å². The second-order valence-corrected chi connectivity index (χ2v) is 5.77. The molecule has 1 N–H and O–H groups in total. The van der Waals surface area contributed by atoms with Crippen LogP contribution in [0.15, 0.2) is 0 Å². The van der Waals surface area contributed by atoms with Crippen LogP contribution in [0.5, 0.6) is 0 Å². The van der Waals surface area contributed by atoms with E-state index < -0.39 is 0 Å². The van der Waals surface area contributed by atoms with Crippen LogP contribution < -0.4 is 0 Å². The summed E-state index contributed by atoms with van der Waals surface area (Å²) in [6.45, 7) is 11.4. The molecule has 0 spiro atoms. The highest BCUT2D eigenvalue weighted by atomic mass is 16.3. The molecule has 0 aromatic carbocycles. The van der Waals surface area contributed by atoms with Gasteiger partial charge in [0, 0.05) is 24.6 Å². The smallest absolute Gasteiger partial charge is 0.0494 e. The summed E-state index contributed by atoms with van der Waals surface area (Å²) in [5.74, 6) is 0.874. The topological polar surface area (TPSA) is 23.5 Å². The van der Waals surface area contributed by atoms with E-state index in [2.05, 4.69) is 32.6 Å². The van der Waals surface area contributed by atoms with Crippen LogP contribution in [0.25, 0.3) is 0 Å². The summed E-state index contributed by atoms with van der Waals surface area (Å²) >= 11 is 0. The van der Waals surface area contributed by atoms with Gasteiger partial charge in [-0.25, -0.2) is 0 Å². The summed E-state index contributed by atoms with van der Waals surface area (Å²) < 4.78 is 0. The highest BCUT2D eigenvalue weighted by Crippen LogP contribution is 2.25. The van der Waals surface area contributed by atoms with Crippen LogP contribution in [-0.2, 0) is 0 Å². The molecule has 0 bridgehead atoms. The highest BCUT2D eigenvalue weighted by Gasteiger charge is 2.27. The number of rotatable bonds is 3. The van der Waals surface area contributed by atoms with Gasteiger partial charge >= 0.3 is 0 Å². The maximum Gasteiger partial charge on any atom is 0.0494 e.